The average molecular weight is 472 g/mol. The van der Waals surface area contributed by atoms with E-state index in [2.05, 4.69) is 32.0 Å². The van der Waals surface area contributed by atoms with Crippen LogP contribution in [0.3, 0.4) is 0 Å². The summed E-state index contributed by atoms with van der Waals surface area (Å²) in [5.41, 5.74) is 4.11. The Morgan fingerprint density at radius 2 is 1.77 bits per heavy atom. The van der Waals surface area contributed by atoms with Crippen LogP contribution in [-0.4, -0.2) is 44.9 Å². The molecule has 180 valence electrons. The Bertz CT molecular complexity index is 1290. The molecule has 3 N–H and O–H groups in total. The van der Waals surface area contributed by atoms with Crippen LogP contribution in [0.5, 0.6) is 0 Å². The summed E-state index contributed by atoms with van der Waals surface area (Å²) in [4.78, 5) is 38.1. The van der Waals surface area contributed by atoms with Crippen molar-refractivity contribution in [1.29, 1.82) is 5.26 Å². The van der Waals surface area contributed by atoms with Crippen LogP contribution < -0.4 is 16.0 Å². The van der Waals surface area contributed by atoms with Crippen LogP contribution in [0.2, 0.25) is 0 Å². The number of pyridine rings is 3. The minimum absolute atomic E-state index is 0.0221. The molecule has 4 rings (SSSR count). The third-order valence-corrected chi connectivity index (χ3v) is 6.02. The van der Waals surface area contributed by atoms with Crippen molar-refractivity contribution < 1.29 is 9.59 Å². The van der Waals surface area contributed by atoms with Crippen molar-refractivity contribution in [1.82, 2.24) is 25.6 Å². The van der Waals surface area contributed by atoms with Crippen molar-refractivity contribution in [3.8, 4) is 17.3 Å². The molecule has 0 atom stereocenters. The van der Waals surface area contributed by atoms with Crippen LogP contribution >= 0.6 is 0 Å². The molecule has 0 radical (unpaired) electrons. The van der Waals surface area contributed by atoms with E-state index in [1.165, 1.54) is 13.1 Å². The van der Waals surface area contributed by atoms with Crippen LogP contribution in [-0.2, 0) is 4.79 Å². The molecule has 1 aliphatic rings. The van der Waals surface area contributed by atoms with Gasteiger partial charge in [0.1, 0.15) is 11.6 Å². The van der Waals surface area contributed by atoms with Crippen molar-refractivity contribution in [2.75, 3.05) is 5.32 Å². The molecule has 0 spiro atoms. The zero-order valence-electron chi connectivity index (χ0n) is 20.1. The van der Waals surface area contributed by atoms with E-state index in [9.17, 15) is 14.9 Å². The van der Waals surface area contributed by atoms with Gasteiger partial charge in [0.25, 0.3) is 5.91 Å². The maximum Gasteiger partial charge on any atom is 0.255 e. The zero-order valence-corrected chi connectivity index (χ0v) is 20.1. The molecule has 0 aliphatic heterocycles. The number of amides is 2. The number of rotatable bonds is 6. The Labute approximate surface area is 204 Å². The van der Waals surface area contributed by atoms with E-state index in [0.29, 0.717) is 39.1 Å². The number of carbonyl (C=O) groups excluding carboxylic acids is 2. The number of carbonyl (C=O) groups is 2. The van der Waals surface area contributed by atoms with Gasteiger partial charge >= 0.3 is 0 Å². The van der Waals surface area contributed by atoms with Crippen molar-refractivity contribution in [3.05, 3.63) is 47.9 Å². The van der Waals surface area contributed by atoms with Crippen molar-refractivity contribution in [3.63, 3.8) is 0 Å². The molecule has 1 saturated carbocycles. The van der Waals surface area contributed by atoms with Crippen molar-refractivity contribution >= 4 is 28.5 Å². The normalized spacial score (nSPS) is 17.6. The van der Waals surface area contributed by atoms with Gasteiger partial charge in [0.15, 0.2) is 0 Å². The van der Waals surface area contributed by atoms with Crippen LogP contribution in [0.4, 0.5) is 5.69 Å². The fourth-order valence-electron chi connectivity index (χ4n) is 4.41. The number of anilines is 1. The molecule has 35 heavy (non-hydrogen) atoms. The van der Waals surface area contributed by atoms with E-state index >= 15 is 0 Å². The van der Waals surface area contributed by atoms with E-state index in [0.717, 1.165) is 25.7 Å². The van der Waals surface area contributed by atoms with Gasteiger partial charge in [-0.1, -0.05) is 0 Å². The molecule has 9 nitrogen and oxygen atoms in total. The molecule has 0 aromatic carbocycles. The first kappa shape index (κ1) is 24.1. The summed E-state index contributed by atoms with van der Waals surface area (Å²) in [5.74, 6) is -0.225. The Morgan fingerprint density at radius 3 is 2.43 bits per heavy atom. The van der Waals surface area contributed by atoms with Gasteiger partial charge in [-0.15, -0.1) is 0 Å². The molecule has 2 amide bonds. The second-order valence-corrected chi connectivity index (χ2v) is 9.21. The van der Waals surface area contributed by atoms with Gasteiger partial charge in [0.05, 0.1) is 28.0 Å². The molecule has 1 fully saturated rings. The van der Waals surface area contributed by atoms with E-state index in [-0.39, 0.29) is 29.9 Å². The summed E-state index contributed by atoms with van der Waals surface area (Å²) in [6.45, 7) is 5.53. The smallest absolute Gasteiger partial charge is 0.255 e. The van der Waals surface area contributed by atoms with E-state index in [1.54, 1.807) is 18.5 Å². The SMILES string of the molecule is CC(=O)NC1CCC(NC(=O)c2cnc3ccc(-c4cncc(C#N)c4)nc3c2NC(C)C)CC1. The average Bonchev–Trinajstić information content (AvgIpc) is 2.84. The van der Waals surface area contributed by atoms with Crippen molar-refractivity contribution in [2.45, 2.75) is 64.6 Å². The molecule has 0 unspecified atom stereocenters. The maximum atomic E-state index is 13.3. The molecular formula is C26H29N7O2. The molecule has 0 saturated heterocycles. The Kier molecular flexibility index (Phi) is 7.20. The lowest BCUT2D eigenvalue weighted by molar-refractivity contribution is -0.119. The summed E-state index contributed by atoms with van der Waals surface area (Å²) in [7, 11) is 0. The van der Waals surface area contributed by atoms with E-state index < -0.39 is 0 Å². The molecular weight excluding hydrogens is 442 g/mol. The zero-order chi connectivity index (χ0) is 24.9. The number of nitrogens with one attached hydrogen (secondary N) is 3. The first-order valence-electron chi connectivity index (χ1n) is 11.8. The molecule has 1 aliphatic carbocycles. The highest BCUT2D eigenvalue weighted by molar-refractivity contribution is 6.06. The Morgan fingerprint density at radius 1 is 1.06 bits per heavy atom. The fourth-order valence-corrected chi connectivity index (χ4v) is 4.41. The van der Waals surface area contributed by atoms with E-state index in [1.807, 2.05) is 26.0 Å². The predicted octanol–water partition coefficient (Wildman–Crippen LogP) is 3.56. The van der Waals surface area contributed by atoms with Gasteiger partial charge in [-0.05, 0) is 57.7 Å². The van der Waals surface area contributed by atoms with Gasteiger partial charge < -0.3 is 16.0 Å². The van der Waals surface area contributed by atoms with Gasteiger partial charge in [-0.3, -0.25) is 19.6 Å². The minimum Gasteiger partial charge on any atom is -0.380 e. The highest BCUT2D eigenvalue weighted by Crippen LogP contribution is 2.29. The van der Waals surface area contributed by atoms with Crippen LogP contribution in [0.25, 0.3) is 22.3 Å². The number of hydrogen-bond donors (Lipinski definition) is 3. The third-order valence-electron chi connectivity index (χ3n) is 6.02. The number of aromatic nitrogens is 3. The monoisotopic (exact) mass is 471 g/mol. The Hall–Kier alpha value is -4.06. The topological polar surface area (TPSA) is 133 Å². The number of nitrogens with zero attached hydrogens (tertiary/aromatic N) is 4. The molecule has 3 heterocycles. The molecule has 3 aromatic rings. The van der Waals surface area contributed by atoms with Crippen molar-refractivity contribution in [2.24, 2.45) is 0 Å². The van der Waals surface area contributed by atoms with Crippen LogP contribution in [0, 0.1) is 11.3 Å². The summed E-state index contributed by atoms with van der Waals surface area (Å²) >= 11 is 0. The number of nitriles is 1. The highest BCUT2D eigenvalue weighted by Gasteiger charge is 2.25. The van der Waals surface area contributed by atoms with E-state index in [4.69, 9.17) is 4.98 Å². The van der Waals surface area contributed by atoms with Gasteiger partial charge in [0.2, 0.25) is 5.91 Å². The second kappa shape index (κ2) is 10.5. The first-order chi connectivity index (χ1) is 16.8. The quantitative estimate of drug-likeness (QED) is 0.501. The fraction of sp³-hybridized carbons (Fsp3) is 0.385. The summed E-state index contributed by atoms with van der Waals surface area (Å²) < 4.78 is 0. The van der Waals surface area contributed by atoms with Gasteiger partial charge in [-0.2, -0.15) is 5.26 Å². The molecule has 9 heteroatoms. The lowest BCUT2D eigenvalue weighted by Crippen LogP contribution is -2.43. The Balaban J connectivity index is 1.63. The predicted molar refractivity (Wildman–Crippen MR) is 134 cm³/mol. The van der Waals surface area contributed by atoms with Crippen LogP contribution in [0.15, 0.2) is 36.8 Å². The lowest BCUT2D eigenvalue weighted by Gasteiger charge is -2.29. The summed E-state index contributed by atoms with van der Waals surface area (Å²) in [5, 5.41) is 18.7. The minimum atomic E-state index is -0.203. The summed E-state index contributed by atoms with van der Waals surface area (Å²) in [6, 6.07) is 7.78. The summed E-state index contributed by atoms with van der Waals surface area (Å²) in [6.07, 6.45) is 8.02. The number of fused-ring (bicyclic) bond motifs is 1. The highest BCUT2D eigenvalue weighted by atomic mass is 16.2. The lowest BCUT2D eigenvalue weighted by atomic mass is 9.91. The van der Waals surface area contributed by atoms with Crippen LogP contribution in [0.1, 0.15) is 62.4 Å². The standard InChI is InChI=1S/C26H29N7O2/c1-15(2)30-24-21(26(35)32-20-6-4-19(5-7-20)31-16(3)34)14-29-23-9-8-22(33-25(23)24)18-10-17(11-27)12-28-13-18/h8-10,12-15,19-20H,4-7H2,1-3H3,(H,29,30)(H,31,34)(H,32,35). The molecule has 3 aromatic heterocycles. The van der Waals surface area contributed by atoms with Gasteiger partial charge in [0, 0.05) is 49.2 Å². The largest absolute Gasteiger partial charge is 0.380 e. The molecule has 0 bridgehead atoms. The first-order valence-corrected chi connectivity index (χ1v) is 11.8. The number of hydrogen-bond acceptors (Lipinski definition) is 7. The second-order valence-electron chi connectivity index (χ2n) is 9.21. The maximum absolute atomic E-state index is 13.3. The third kappa shape index (κ3) is 5.72. The van der Waals surface area contributed by atoms with Gasteiger partial charge in [-0.25, -0.2) is 4.98 Å².